The van der Waals surface area contributed by atoms with Gasteiger partial charge in [-0.2, -0.15) is 0 Å². The molecule has 0 bridgehead atoms. The third-order valence-corrected chi connectivity index (χ3v) is 3.23. The van der Waals surface area contributed by atoms with E-state index in [4.69, 9.17) is 11.6 Å². The van der Waals surface area contributed by atoms with Crippen molar-refractivity contribution in [2.45, 2.75) is 40.2 Å². The lowest BCUT2D eigenvalue weighted by Crippen LogP contribution is -2.36. The van der Waals surface area contributed by atoms with Crippen LogP contribution >= 0.6 is 11.6 Å². The molecule has 2 atom stereocenters. The van der Waals surface area contributed by atoms with Crippen molar-refractivity contribution in [3.05, 3.63) is 28.5 Å². The zero-order valence-corrected chi connectivity index (χ0v) is 11.5. The molecule has 1 heterocycles. The van der Waals surface area contributed by atoms with Gasteiger partial charge in [-0.15, -0.1) is 0 Å². The normalized spacial score (nSPS) is 14.2. The quantitative estimate of drug-likeness (QED) is 0.839. The van der Waals surface area contributed by atoms with Crippen molar-refractivity contribution in [2.24, 2.45) is 5.92 Å². The minimum absolute atomic E-state index is 0.0924. The Morgan fingerprint density at radius 3 is 2.65 bits per heavy atom. The molecular formula is C13H19ClN2O. The Morgan fingerprint density at radius 1 is 1.47 bits per heavy atom. The van der Waals surface area contributed by atoms with E-state index >= 15 is 0 Å². The molecule has 1 amide bonds. The van der Waals surface area contributed by atoms with Crippen LogP contribution in [0.2, 0.25) is 5.15 Å². The number of halogens is 1. The molecule has 0 aliphatic heterocycles. The molecule has 0 spiro atoms. The van der Waals surface area contributed by atoms with E-state index in [1.807, 2.05) is 13.8 Å². The summed E-state index contributed by atoms with van der Waals surface area (Å²) in [5, 5.41) is 3.33. The summed E-state index contributed by atoms with van der Waals surface area (Å²) in [5.74, 6) is 0.363. The molecule has 1 aromatic rings. The van der Waals surface area contributed by atoms with Gasteiger partial charge in [-0.25, -0.2) is 4.98 Å². The van der Waals surface area contributed by atoms with Crippen molar-refractivity contribution in [2.75, 3.05) is 0 Å². The number of pyridine rings is 1. The molecule has 4 heteroatoms. The second kappa shape index (κ2) is 6.01. The van der Waals surface area contributed by atoms with Gasteiger partial charge >= 0.3 is 0 Å². The fourth-order valence-corrected chi connectivity index (χ4v) is 1.80. The summed E-state index contributed by atoms with van der Waals surface area (Å²) in [4.78, 5) is 16.0. The molecule has 0 aliphatic carbocycles. The smallest absolute Gasteiger partial charge is 0.251 e. The van der Waals surface area contributed by atoms with Crippen molar-refractivity contribution in [1.82, 2.24) is 10.3 Å². The number of amides is 1. The van der Waals surface area contributed by atoms with Crippen molar-refractivity contribution in [1.29, 1.82) is 0 Å². The fraction of sp³-hybridized carbons (Fsp3) is 0.538. The minimum Gasteiger partial charge on any atom is -0.349 e. The third-order valence-electron chi connectivity index (χ3n) is 3.04. The lowest BCUT2D eigenvalue weighted by atomic mass is 10.0. The van der Waals surface area contributed by atoms with Crippen LogP contribution in [0.5, 0.6) is 0 Å². The standard InChI is InChI=1S/C13H19ClN2O/c1-5-8(2)10(4)16-13(17)11-6-9(3)15-12(14)7-11/h6-8,10H,5H2,1-4H3,(H,16,17). The number of hydrogen-bond donors (Lipinski definition) is 1. The predicted molar refractivity (Wildman–Crippen MR) is 70.4 cm³/mol. The minimum atomic E-state index is -0.0924. The molecule has 0 saturated heterocycles. The first-order valence-corrected chi connectivity index (χ1v) is 6.27. The number of hydrogen-bond acceptors (Lipinski definition) is 2. The first kappa shape index (κ1) is 14.0. The summed E-state index contributed by atoms with van der Waals surface area (Å²) in [7, 11) is 0. The van der Waals surface area contributed by atoms with Gasteiger partial charge in [0.25, 0.3) is 5.91 Å². The summed E-state index contributed by atoms with van der Waals surface area (Å²) in [6.45, 7) is 8.07. The van der Waals surface area contributed by atoms with Crippen LogP contribution in [-0.4, -0.2) is 16.9 Å². The van der Waals surface area contributed by atoms with Crippen LogP contribution < -0.4 is 5.32 Å². The average molecular weight is 255 g/mol. The Balaban J connectivity index is 2.76. The maximum atomic E-state index is 12.0. The van der Waals surface area contributed by atoms with Gasteiger partial charge in [-0.05, 0) is 31.9 Å². The molecule has 17 heavy (non-hydrogen) atoms. The summed E-state index contributed by atoms with van der Waals surface area (Å²) in [5.41, 5.74) is 1.32. The molecule has 1 rings (SSSR count). The van der Waals surface area contributed by atoms with Gasteiger partial charge in [0.15, 0.2) is 0 Å². The first-order valence-electron chi connectivity index (χ1n) is 5.89. The first-order chi connectivity index (χ1) is 7.93. The van der Waals surface area contributed by atoms with E-state index in [2.05, 4.69) is 24.1 Å². The Bertz CT molecular complexity index is 386. The molecule has 0 aliphatic rings. The molecule has 1 aromatic heterocycles. The zero-order valence-electron chi connectivity index (χ0n) is 10.7. The Kier molecular flexibility index (Phi) is 4.94. The van der Waals surface area contributed by atoms with Gasteiger partial charge in [-0.1, -0.05) is 31.9 Å². The fourth-order valence-electron chi connectivity index (χ4n) is 1.55. The van der Waals surface area contributed by atoms with Gasteiger partial charge in [0.1, 0.15) is 5.15 Å². The van der Waals surface area contributed by atoms with Gasteiger partial charge in [-0.3, -0.25) is 4.79 Å². The molecule has 94 valence electrons. The second-order valence-corrected chi connectivity index (χ2v) is 4.85. The zero-order chi connectivity index (χ0) is 13.0. The lowest BCUT2D eigenvalue weighted by molar-refractivity contribution is 0.0928. The monoisotopic (exact) mass is 254 g/mol. The second-order valence-electron chi connectivity index (χ2n) is 4.47. The number of carbonyl (C=O) groups is 1. The van der Waals surface area contributed by atoms with Crippen LogP contribution in [0.15, 0.2) is 12.1 Å². The Labute approximate surface area is 108 Å². The summed E-state index contributed by atoms with van der Waals surface area (Å²) in [6.07, 6.45) is 1.04. The molecule has 3 nitrogen and oxygen atoms in total. The van der Waals surface area contributed by atoms with Crippen LogP contribution in [0.3, 0.4) is 0 Å². The van der Waals surface area contributed by atoms with Gasteiger partial charge < -0.3 is 5.32 Å². The highest BCUT2D eigenvalue weighted by atomic mass is 35.5. The molecule has 0 saturated carbocycles. The average Bonchev–Trinajstić information content (AvgIpc) is 2.26. The van der Waals surface area contributed by atoms with Gasteiger partial charge in [0.05, 0.1) is 0 Å². The van der Waals surface area contributed by atoms with E-state index in [0.717, 1.165) is 12.1 Å². The van der Waals surface area contributed by atoms with E-state index in [1.54, 1.807) is 12.1 Å². The third kappa shape index (κ3) is 4.00. The van der Waals surface area contributed by atoms with Crippen LogP contribution in [0.4, 0.5) is 0 Å². The van der Waals surface area contributed by atoms with E-state index in [-0.39, 0.29) is 11.9 Å². The molecule has 2 unspecified atom stereocenters. The van der Waals surface area contributed by atoms with E-state index in [1.165, 1.54) is 0 Å². The number of carbonyl (C=O) groups excluding carboxylic acids is 1. The van der Waals surface area contributed by atoms with E-state index in [9.17, 15) is 4.79 Å². The van der Waals surface area contributed by atoms with Crippen molar-refractivity contribution in [3.8, 4) is 0 Å². The maximum Gasteiger partial charge on any atom is 0.251 e. The topological polar surface area (TPSA) is 42.0 Å². The summed E-state index contributed by atoms with van der Waals surface area (Å²) >= 11 is 5.83. The summed E-state index contributed by atoms with van der Waals surface area (Å²) < 4.78 is 0. The molecule has 1 N–H and O–H groups in total. The van der Waals surface area contributed by atoms with Gasteiger partial charge in [0, 0.05) is 17.3 Å². The number of nitrogens with one attached hydrogen (secondary N) is 1. The van der Waals surface area contributed by atoms with Crippen molar-refractivity contribution >= 4 is 17.5 Å². The highest BCUT2D eigenvalue weighted by molar-refractivity contribution is 6.29. The van der Waals surface area contributed by atoms with E-state index < -0.39 is 0 Å². The predicted octanol–water partition coefficient (Wildman–Crippen LogP) is 3.21. The maximum absolute atomic E-state index is 12.0. The molecular weight excluding hydrogens is 236 g/mol. The Morgan fingerprint density at radius 2 is 2.12 bits per heavy atom. The number of nitrogens with zero attached hydrogens (tertiary/aromatic N) is 1. The largest absolute Gasteiger partial charge is 0.349 e. The molecule has 0 radical (unpaired) electrons. The number of aryl methyl sites for hydroxylation is 1. The van der Waals surface area contributed by atoms with Crippen LogP contribution in [-0.2, 0) is 0 Å². The van der Waals surface area contributed by atoms with Crippen molar-refractivity contribution in [3.63, 3.8) is 0 Å². The summed E-state index contributed by atoms with van der Waals surface area (Å²) in [6, 6.07) is 3.48. The Hall–Kier alpha value is -1.09. The van der Waals surface area contributed by atoms with Crippen LogP contribution in [0.1, 0.15) is 43.2 Å². The van der Waals surface area contributed by atoms with E-state index in [0.29, 0.717) is 16.6 Å². The number of aromatic nitrogens is 1. The SMILES string of the molecule is CCC(C)C(C)NC(=O)c1cc(C)nc(Cl)c1. The van der Waals surface area contributed by atoms with Crippen molar-refractivity contribution < 1.29 is 4.79 Å². The lowest BCUT2D eigenvalue weighted by Gasteiger charge is -2.19. The highest BCUT2D eigenvalue weighted by Crippen LogP contribution is 2.12. The molecule has 0 fully saturated rings. The van der Waals surface area contributed by atoms with Crippen LogP contribution in [0, 0.1) is 12.8 Å². The van der Waals surface area contributed by atoms with Crippen LogP contribution in [0.25, 0.3) is 0 Å². The van der Waals surface area contributed by atoms with Gasteiger partial charge in [0.2, 0.25) is 0 Å². The molecule has 0 aromatic carbocycles. The number of rotatable bonds is 4. The highest BCUT2D eigenvalue weighted by Gasteiger charge is 2.15.